The molecule has 0 fully saturated rings. The standard InChI is InChI=1S/C12H14N2O/c1-3-6-14(2)12-5-4-10(9-15)7-11(12)8-13/h4-5,7,9H,3,6H2,1-2H3. The molecule has 15 heavy (non-hydrogen) atoms. The first-order chi connectivity index (χ1) is 7.22. The van der Waals surface area contributed by atoms with Gasteiger partial charge in [0.2, 0.25) is 0 Å². The number of anilines is 1. The van der Waals surface area contributed by atoms with Gasteiger partial charge in [0.15, 0.2) is 0 Å². The number of hydrogen-bond acceptors (Lipinski definition) is 3. The lowest BCUT2D eigenvalue weighted by Crippen LogP contribution is -2.18. The fourth-order valence-electron chi connectivity index (χ4n) is 1.51. The highest BCUT2D eigenvalue weighted by molar-refractivity contribution is 5.78. The molecule has 0 aromatic heterocycles. The Hall–Kier alpha value is -1.82. The zero-order chi connectivity index (χ0) is 11.3. The molecular weight excluding hydrogens is 188 g/mol. The summed E-state index contributed by atoms with van der Waals surface area (Å²) in [6, 6.07) is 7.28. The van der Waals surface area contributed by atoms with Crippen molar-refractivity contribution in [1.82, 2.24) is 0 Å². The Morgan fingerprint density at radius 2 is 2.27 bits per heavy atom. The van der Waals surface area contributed by atoms with Crippen molar-refractivity contribution < 1.29 is 4.79 Å². The Morgan fingerprint density at radius 3 is 2.80 bits per heavy atom. The number of aldehydes is 1. The first-order valence-corrected chi connectivity index (χ1v) is 4.93. The number of rotatable bonds is 4. The van der Waals surface area contributed by atoms with Gasteiger partial charge in [0.1, 0.15) is 12.4 Å². The second-order valence-electron chi connectivity index (χ2n) is 3.43. The maximum absolute atomic E-state index is 10.6. The molecule has 0 amide bonds. The van der Waals surface area contributed by atoms with E-state index in [1.54, 1.807) is 12.1 Å². The topological polar surface area (TPSA) is 44.1 Å². The highest BCUT2D eigenvalue weighted by Gasteiger charge is 2.06. The first-order valence-electron chi connectivity index (χ1n) is 4.93. The van der Waals surface area contributed by atoms with Gasteiger partial charge >= 0.3 is 0 Å². The summed E-state index contributed by atoms with van der Waals surface area (Å²) in [5.74, 6) is 0. The van der Waals surface area contributed by atoms with Crippen LogP contribution < -0.4 is 4.90 Å². The highest BCUT2D eigenvalue weighted by Crippen LogP contribution is 2.19. The Bertz CT molecular complexity index is 393. The number of benzene rings is 1. The molecule has 3 nitrogen and oxygen atoms in total. The number of carbonyl (C=O) groups excluding carboxylic acids is 1. The van der Waals surface area contributed by atoms with Crippen LogP contribution in [0.3, 0.4) is 0 Å². The normalized spacial score (nSPS) is 9.40. The van der Waals surface area contributed by atoms with Gasteiger partial charge in [0.25, 0.3) is 0 Å². The van der Waals surface area contributed by atoms with E-state index in [0.29, 0.717) is 11.1 Å². The SMILES string of the molecule is CCCN(C)c1ccc(C=O)cc1C#N. The van der Waals surface area contributed by atoms with Gasteiger partial charge < -0.3 is 4.90 Å². The van der Waals surface area contributed by atoms with Crippen LogP contribution in [-0.4, -0.2) is 19.9 Å². The van der Waals surface area contributed by atoms with E-state index in [9.17, 15) is 4.79 Å². The number of nitrogens with zero attached hydrogens (tertiary/aromatic N) is 2. The molecule has 0 aliphatic rings. The van der Waals surface area contributed by atoms with Gasteiger partial charge in [0.05, 0.1) is 11.3 Å². The van der Waals surface area contributed by atoms with E-state index < -0.39 is 0 Å². The zero-order valence-electron chi connectivity index (χ0n) is 9.03. The third-order valence-electron chi connectivity index (χ3n) is 2.25. The molecule has 0 saturated carbocycles. The van der Waals surface area contributed by atoms with E-state index in [1.165, 1.54) is 0 Å². The van der Waals surface area contributed by atoms with Gasteiger partial charge in [-0.25, -0.2) is 0 Å². The average Bonchev–Trinajstić information content (AvgIpc) is 2.28. The minimum atomic E-state index is 0.542. The predicted molar refractivity (Wildman–Crippen MR) is 60.1 cm³/mol. The molecule has 0 heterocycles. The van der Waals surface area contributed by atoms with Crippen LogP contribution in [0.25, 0.3) is 0 Å². The summed E-state index contributed by atoms with van der Waals surface area (Å²) in [5, 5.41) is 8.96. The van der Waals surface area contributed by atoms with Gasteiger partial charge in [-0.2, -0.15) is 5.26 Å². The third kappa shape index (κ3) is 2.57. The molecule has 3 heteroatoms. The van der Waals surface area contributed by atoms with E-state index in [-0.39, 0.29) is 0 Å². The van der Waals surface area contributed by atoms with E-state index >= 15 is 0 Å². The average molecular weight is 202 g/mol. The lowest BCUT2D eigenvalue weighted by Gasteiger charge is -2.19. The second-order valence-corrected chi connectivity index (χ2v) is 3.43. The van der Waals surface area contributed by atoms with E-state index in [2.05, 4.69) is 13.0 Å². The van der Waals surface area contributed by atoms with Crippen LogP contribution in [0.4, 0.5) is 5.69 Å². The summed E-state index contributed by atoms with van der Waals surface area (Å²) in [7, 11) is 1.94. The minimum Gasteiger partial charge on any atom is -0.374 e. The molecule has 1 aromatic rings. The van der Waals surface area contributed by atoms with Crippen LogP contribution >= 0.6 is 0 Å². The van der Waals surface area contributed by atoms with Crippen LogP contribution in [0.1, 0.15) is 29.3 Å². The number of carbonyl (C=O) groups is 1. The lowest BCUT2D eigenvalue weighted by molar-refractivity contribution is 0.112. The summed E-state index contributed by atoms with van der Waals surface area (Å²) in [6.07, 6.45) is 1.78. The molecule has 0 saturated heterocycles. The molecule has 0 radical (unpaired) electrons. The summed E-state index contributed by atoms with van der Waals surface area (Å²) in [5.41, 5.74) is 1.97. The summed E-state index contributed by atoms with van der Waals surface area (Å²) < 4.78 is 0. The van der Waals surface area contributed by atoms with E-state index in [1.807, 2.05) is 18.0 Å². The fraction of sp³-hybridized carbons (Fsp3) is 0.333. The molecule has 0 bridgehead atoms. The van der Waals surface area contributed by atoms with Gasteiger partial charge in [-0.15, -0.1) is 0 Å². The van der Waals surface area contributed by atoms with Crippen molar-refractivity contribution in [2.24, 2.45) is 0 Å². The Morgan fingerprint density at radius 1 is 1.53 bits per heavy atom. The molecule has 0 N–H and O–H groups in total. The van der Waals surface area contributed by atoms with Crippen LogP contribution in [-0.2, 0) is 0 Å². The van der Waals surface area contributed by atoms with Crippen molar-refractivity contribution in [3.63, 3.8) is 0 Å². The van der Waals surface area contributed by atoms with Crippen LogP contribution in [0.15, 0.2) is 18.2 Å². The van der Waals surface area contributed by atoms with E-state index in [4.69, 9.17) is 5.26 Å². The predicted octanol–water partition coefficient (Wildman–Crippen LogP) is 2.22. The Balaban J connectivity index is 3.08. The summed E-state index contributed by atoms with van der Waals surface area (Å²) in [6.45, 7) is 2.98. The van der Waals surface area contributed by atoms with Crippen LogP contribution in [0.5, 0.6) is 0 Å². The van der Waals surface area contributed by atoms with Crippen LogP contribution in [0, 0.1) is 11.3 Å². The number of nitriles is 1. The molecule has 78 valence electrons. The summed E-state index contributed by atoms with van der Waals surface area (Å²) in [4.78, 5) is 12.6. The molecular formula is C12H14N2O. The molecule has 0 atom stereocenters. The third-order valence-corrected chi connectivity index (χ3v) is 2.25. The van der Waals surface area contributed by atoms with Crippen molar-refractivity contribution in [2.75, 3.05) is 18.5 Å². The minimum absolute atomic E-state index is 0.542. The lowest BCUT2D eigenvalue weighted by atomic mass is 10.1. The van der Waals surface area contributed by atoms with Gasteiger partial charge in [-0.3, -0.25) is 4.79 Å². The van der Waals surface area contributed by atoms with Crippen molar-refractivity contribution in [3.8, 4) is 6.07 Å². The van der Waals surface area contributed by atoms with Crippen molar-refractivity contribution in [2.45, 2.75) is 13.3 Å². The maximum atomic E-state index is 10.6. The largest absolute Gasteiger partial charge is 0.374 e. The van der Waals surface area contributed by atoms with E-state index in [0.717, 1.165) is 24.9 Å². The Labute approximate surface area is 89.9 Å². The molecule has 0 unspecified atom stereocenters. The smallest absolute Gasteiger partial charge is 0.150 e. The molecule has 0 aliphatic heterocycles. The van der Waals surface area contributed by atoms with Crippen LogP contribution in [0.2, 0.25) is 0 Å². The van der Waals surface area contributed by atoms with Crippen molar-refractivity contribution in [3.05, 3.63) is 29.3 Å². The van der Waals surface area contributed by atoms with Gasteiger partial charge in [-0.1, -0.05) is 6.92 Å². The van der Waals surface area contributed by atoms with Crippen molar-refractivity contribution in [1.29, 1.82) is 5.26 Å². The number of hydrogen-bond donors (Lipinski definition) is 0. The summed E-state index contributed by atoms with van der Waals surface area (Å²) >= 11 is 0. The molecule has 0 spiro atoms. The fourth-order valence-corrected chi connectivity index (χ4v) is 1.51. The second kappa shape index (κ2) is 5.16. The van der Waals surface area contributed by atoms with Gasteiger partial charge in [-0.05, 0) is 24.6 Å². The maximum Gasteiger partial charge on any atom is 0.150 e. The first kappa shape index (κ1) is 11.3. The molecule has 1 rings (SSSR count). The zero-order valence-corrected chi connectivity index (χ0v) is 9.03. The van der Waals surface area contributed by atoms with Gasteiger partial charge in [0, 0.05) is 19.2 Å². The quantitative estimate of drug-likeness (QED) is 0.703. The van der Waals surface area contributed by atoms with Crippen molar-refractivity contribution >= 4 is 12.0 Å². The Kier molecular flexibility index (Phi) is 3.87. The monoisotopic (exact) mass is 202 g/mol. The molecule has 0 aliphatic carbocycles. The molecule has 1 aromatic carbocycles. The highest BCUT2D eigenvalue weighted by atomic mass is 16.1.